The van der Waals surface area contributed by atoms with Gasteiger partial charge in [0.2, 0.25) is 0 Å². The van der Waals surface area contributed by atoms with Crippen LogP contribution < -0.4 is 20.1 Å². The van der Waals surface area contributed by atoms with E-state index in [-0.39, 0.29) is 0 Å². The van der Waals surface area contributed by atoms with Crippen LogP contribution in [0.5, 0.6) is 11.5 Å². The number of nitrogens with one attached hydrogen (secondary N) is 2. The van der Waals surface area contributed by atoms with Gasteiger partial charge in [0.1, 0.15) is 6.61 Å². The van der Waals surface area contributed by atoms with Crippen molar-refractivity contribution in [2.75, 3.05) is 27.2 Å². The van der Waals surface area contributed by atoms with Crippen LogP contribution in [-0.2, 0) is 13.2 Å². The summed E-state index contributed by atoms with van der Waals surface area (Å²) in [5, 5.41) is 7.29. The third kappa shape index (κ3) is 5.71. The second-order valence-electron chi connectivity index (χ2n) is 5.50. The van der Waals surface area contributed by atoms with Gasteiger partial charge in [0, 0.05) is 17.1 Å². The van der Waals surface area contributed by atoms with Crippen LogP contribution >= 0.6 is 11.6 Å². The minimum atomic E-state index is 0.452. The summed E-state index contributed by atoms with van der Waals surface area (Å²) in [4.78, 5) is 0. The molecule has 0 amide bonds. The topological polar surface area (TPSA) is 42.5 Å². The Morgan fingerprint density at radius 3 is 2.67 bits per heavy atom. The van der Waals surface area contributed by atoms with E-state index in [9.17, 15) is 0 Å². The summed E-state index contributed by atoms with van der Waals surface area (Å²) in [5.41, 5.74) is 2.11. The third-order valence-corrected chi connectivity index (χ3v) is 3.88. The molecule has 0 aliphatic heterocycles. The van der Waals surface area contributed by atoms with Gasteiger partial charge in [-0.3, -0.25) is 0 Å². The van der Waals surface area contributed by atoms with Crippen LogP contribution in [0, 0.1) is 0 Å². The number of rotatable bonds is 10. The zero-order chi connectivity index (χ0) is 17.2. The molecule has 2 rings (SSSR count). The lowest BCUT2D eigenvalue weighted by atomic mass is 10.1. The molecule has 0 aliphatic rings. The highest BCUT2D eigenvalue weighted by molar-refractivity contribution is 6.30. The van der Waals surface area contributed by atoms with Crippen LogP contribution in [0.25, 0.3) is 0 Å². The largest absolute Gasteiger partial charge is 0.493 e. The van der Waals surface area contributed by atoms with Gasteiger partial charge in [-0.1, -0.05) is 35.9 Å². The average Bonchev–Trinajstić information content (AvgIpc) is 2.60. The maximum absolute atomic E-state index is 6.04. The predicted molar refractivity (Wildman–Crippen MR) is 99.0 cm³/mol. The number of ether oxygens (including phenoxy) is 2. The molecule has 0 atom stereocenters. The Morgan fingerprint density at radius 1 is 1.08 bits per heavy atom. The lowest BCUT2D eigenvalue weighted by Gasteiger charge is -2.16. The van der Waals surface area contributed by atoms with Crippen LogP contribution in [0.15, 0.2) is 42.5 Å². The Hall–Kier alpha value is -1.75. The standard InChI is InChI=1S/C19H25ClN2O2/c1-21-10-5-11-22-13-16-7-4-9-18(23-2)19(16)24-14-15-6-3-8-17(20)12-15/h3-4,6-9,12,21-22H,5,10-11,13-14H2,1-2H3. The molecule has 2 N–H and O–H groups in total. The molecule has 5 heteroatoms. The van der Waals surface area contributed by atoms with Crippen LogP contribution in [0.4, 0.5) is 0 Å². The van der Waals surface area contributed by atoms with E-state index in [1.807, 2.05) is 43.4 Å². The van der Waals surface area contributed by atoms with E-state index in [1.54, 1.807) is 7.11 Å². The Kier molecular flexibility index (Phi) is 7.89. The molecular weight excluding hydrogens is 324 g/mol. The fourth-order valence-corrected chi connectivity index (χ4v) is 2.63. The molecule has 2 aromatic carbocycles. The Morgan fingerprint density at radius 2 is 1.92 bits per heavy atom. The first-order chi connectivity index (χ1) is 11.7. The van der Waals surface area contributed by atoms with Crippen molar-refractivity contribution in [1.29, 1.82) is 0 Å². The van der Waals surface area contributed by atoms with E-state index in [0.29, 0.717) is 11.6 Å². The van der Waals surface area contributed by atoms with Gasteiger partial charge in [-0.05, 0) is 50.3 Å². The average molecular weight is 349 g/mol. The Bertz CT molecular complexity index is 635. The first kappa shape index (κ1) is 18.6. The summed E-state index contributed by atoms with van der Waals surface area (Å²) in [6.07, 6.45) is 1.08. The molecule has 0 spiro atoms. The number of methoxy groups -OCH3 is 1. The van der Waals surface area contributed by atoms with Crippen molar-refractivity contribution in [2.45, 2.75) is 19.6 Å². The molecule has 0 radical (unpaired) electrons. The quantitative estimate of drug-likeness (QED) is 0.643. The van der Waals surface area contributed by atoms with Crippen LogP contribution in [-0.4, -0.2) is 27.2 Å². The summed E-state index contributed by atoms with van der Waals surface area (Å²) < 4.78 is 11.5. The van der Waals surface area contributed by atoms with Crippen LogP contribution in [0.1, 0.15) is 17.5 Å². The number of halogens is 1. The van der Waals surface area contributed by atoms with Gasteiger partial charge in [0.05, 0.1) is 7.11 Å². The highest BCUT2D eigenvalue weighted by Gasteiger charge is 2.11. The van der Waals surface area contributed by atoms with Gasteiger partial charge in [0.25, 0.3) is 0 Å². The van der Waals surface area contributed by atoms with E-state index < -0.39 is 0 Å². The van der Waals surface area contributed by atoms with Gasteiger partial charge >= 0.3 is 0 Å². The molecule has 0 saturated carbocycles. The number of hydrogen-bond donors (Lipinski definition) is 2. The second kappa shape index (κ2) is 10.2. The van der Waals surface area contributed by atoms with Gasteiger partial charge < -0.3 is 20.1 Å². The highest BCUT2D eigenvalue weighted by atomic mass is 35.5. The van der Waals surface area contributed by atoms with Gasteiger partial charge in [0.15, 0.2) is 11.5 Å². The predicted octanol–water partition coefficient (Wildman–Crippen LogP) is 3.63. The minimum Gasteiger partial charge on any atom is -0.493 e. The molecule has 4 nitrogen and oxygen atoms in total. The van der Waals surface area contributed by atoms with Crippen LogP contribution in [0.3, 0.4) is 0 Å². The molecule has 24 heavy (non-hydrogen) atoms. The lowest BCUT2D eigenvalue weighted by Crippen LogP contribution is -2.19. The molecular formula is C19H25ClN2O2. The molecule has 0 bridgehead atoms. The van der Waals surface area contributed by atoms with E-state index in [4.69, 9.17) is 21.1 Å². The molecule has 0 heterocycles. The first-order valence-corrected chi connectivity index (χ1v) is 8.51. The van der Waals surface area contributed by atoms with Crippen molar-refractivity contribution in [3.05, 3.63) is 58.6 Å². The van der Waals surface area contributed by atoms with Crippen molar-refractivity contribution in [1.82, 2.24) is 10.6 Å². The second-order valence-corrected chi connectivity index (χ2v) is 5.94. The fourth-order valence-electron chi connectivity index (χ4n) is 2.42. The van der Waals surface area contributed by atoms with E-state index in [1.165, 1.54) is 0 Å². The third-order valence-electron chi connectivity index (χ3n) is 3.65. The lowest BCUT2D eigenvalue weighted by molar-refractivity contribution is 0.280. The highest BCUT2D eigenvalue weighted by Crippen LogP contribution is 2.32. The van der Waals surface area contributed by atoms with Crippen molar-refractivity contribution in [2.24, 2.45) is 0 Å². The summed E-state index contributed by atoms with van der Waals surface area (Å²) in [6.45, 7) is 3.15. The van der Waals surface area contributed by atoms with Crippen molar-refractivity contribution in [3.8, 4) is 11.5 Å². The molecule has 0 saturated heterocycles. The number of benzene rings is 2. The van der Waals surface area contributed by atoms with E-state index in [2.05, 4.69) is 16.7 Å². The van der Waals surface area contributed by atoms with Crippen molar-refractivity contribution < 1.29 is 9.47 Å². The normalized spacial score (nSPS) is 10.6. The molecule has 130 valence electrons. The summed E-state index contributed by atoms with van der Waals surface area (Å²) >= 11 is 6.03. The maximum Gasteiger partial charge on any atom is 0.166 e. The summed E-state index contributed by atoms with van der Waals surface area (Å²) in [5.74, 6) is 1.52. The number of para-hydroxylation sites is 1. The van der Waals surface area contributed by atoms with Crippen molar-refractivity contribution >= 4 is 11.6 Å². The molecule has 0 fully saturated rings. The summed E-state index contributed by atoms with van der Waals surface area (Å²) in [7, 11) is 3.62. The fraction of sp³-hybridized carbons (Fsp3) is 0.368. The zero-order valence-corrected chi connectivity index (χ0v) is 15.0. The molecule has 0 aliphatic carbocycles. The summed E-state index contributed by atoms with van der Waals surface area (Å²) in [6, 6.07) is 13.6. The minimum absolute atomic E-state index is 0.452. The Balaban J connectivity index is 2.02. The SMILES string of the molecule is CNCCCNCc1cccc(OC)c1OCc1cccc(Cl)c1. The monoisotopic (exact) mass is 348 g/mol. The van der Waals surface area contributed by atoms with Crippen LogP contribution in [0.2, 0.25) is 5.02 Å². The smallest absolute Gasteiger partial charge is 0.166 e. The van der Waals surface area contributed by atoms with Gasteiger partial charge in [-0.15, -0.1) is 0 Å². The van der Waals surface area contributed by atoms with Gasteiger partial charge in [-0.25, -0.2) is 0 Å². The maximum atomic E-state index is 6.04. The molecule has 2 aromatic rings. The van der Waals surface area contributed by atoms with Crippen molar-refractivity contribution in [3.63, 3.8) is 0 Å². The van der Waals surface area contributed by atoms with E-state index >= 15 is 0 Å². The Labute approximate surface area is 149 Å². The van der Waals surface area contributed by atoms with Gasteiger partial charge in [-0.2, -0.15) is 0 Å². The first-order valence-electron chi connectivity index (χ1n) is 8.13. The molecule has 0 unspecified atom stereocenters. The zero-order valence-electron chi connectivity index (χ0n) is 14.3. The van der Waals surface area contributed by atoms with E-state index in [0.717, 1.165) is 48.7 Å². The molecule has 0 aromatic heterocycles. The number of hydrogen-bond acceptors (Lipinski definition) is 4.